The number of nitrogens with zero attached hydrogens (tertiary/aromatic N) is 5. The Morgan fingerprint density at radius 2 is 1.74 bits per heavy atom. The molecule has 5 heterocycles. The molecule has 237 valence electrons. The van der Waals surface area contributed by atoms with E-state index in [9.17, 15) is 0 Å². The zero-order valence-electron chi connectivity index (χ0n) is 27.5. The van der Waals surface area contributed by atoms with Gasteiger partial charge >= 0.3 is 138 Å². The minimum absolute atomic E-state index is 0. The van der Waals surface area contributed by atoms with E-state index in [2.05, 4.69) is 84.5 Å². The minimum Gasteiger partial charge on any atom is -0.486 e. The summed E-state index contributed by atoms with van der Waals surface area (Å²) >= 11 is -1.91. The summed E-state index contributed by atoms with van der Waals surface area (Å²) in [4.78, 5) is 17.9. The molecule has 6 nitrogen and oxygen atoms in total. The van der Waals surface area contributed by atoms with Crippen molar-refractivity contribution in [3.8, 4) is 22.6 Å². The van der Waals surface area contributed by atoms with Crippen LogP contribution in [0, 0.1) is 17.5 Å². The molecule has 0 aliphatic carbocycles. The van der Waals surface area contributed by atoms with Gasteiger partial charge in [0.05, 0.1) is 28.6 Å². The monoisotopic (exact) mass is 848 g/mol. The Hall–Kier alpha value is -3.65. The number of fused-ring (bicyclic) bond motifs is 4. The van der Waals surface area contributed by atoms with Crippen LogP contribution in [-0.4, -0.2) is 37.8 Å². The van der Waals surface area contributed by atoms with Crippen LogP contribution in [0.1, 0.15) is 32.8 Å². The van der Waals surface area contributed by atoms with Gasteiger partial charge in [-0.3, -0.25) is 9.97 Å². The van der Waals surface area contributed by atoms with Crippen molar-refractivity contribution in [2.24, 2.45) is 12.5 Å². The quantitative estimate of drug-likeness (QED) is 0.124. The van der Waals surface area contributed by atoms with Crippen molar-refractivity contribution < 1.29 is 24.5 Å². The van der Waals surface area contributed by atoms with E-state index in [-0.39, 0.29) is 20.1 Å². The van der Waals surface area contributed by atoms with Crippen LogP contribution in [0.3, 0.4) is 0 Å². The molecule has 0 aliphatic rings. The molecule has 0 aliphatic heterocycles. The van der Waals surface area contributed by atoms with Gasteiger partial charge in [0.2, 0.25) is 5.71 Å². The van der Waals surface area contributed by atoms with Gasteiger partial charge in [0, 0.05) is 44.9 Å². The summed E-state index contributed by atoms with van der Waals surface area (Å²) in [6.45, 7) is 7.01. The van der Waals surface area contributed by atoms with Crippen molar-refractivity contribution in [2.45, 2.75) is 50.9 Å². The Kier molecular flexibility index (Phi) is 9.97. The van der Waals surface area contributed by atoms with Crippen LogP contribution in [0.5, 0.6) is 0 Å². The topological polar surface area (TPSA) is 69.6 Å². The van der Waals surface area contributed by atoms with Gasteiger partial charge in [-0.1, -0.05) is 10.9 Å². The third-order valence-corrected chi connectivity index (χ3v) is 12.9. The number of imidazole rings is 1. The molecule has 0 saturated carbocycles. The number of benzene rings is 2. The van der Waals surface area contributed by atoms with Crippen molar-refractivity contribution >= 4 is 50.8 Å². The summed E-state index contributed by atoms with van der Waals surface area (Å²) in [5.41, 5.74) is 8.07. The number of pyridine rings is 3. The van der Waals surface area contributed by atoms with Crippen molar-refractivity contribution in [3.05, 3.63) is 103 Å². The van der Waals surface area contributed by atoms with Gasteiger partial charge in [-0.2, -0.15) is 0 Å². The molecule has 2 aromatic carbocycles. The predicted molar refractivity (Wildman–Crippen MR) is 187 cm³/mol. The fraction of sp³-hybridized carbons (Fsp3) is 0.263. The van der Waals surface area contributed by atoms with E-state index < -0.39 is 13.3 Å². The SMILES string of the molecule is CCC(C)(C)Cc1cc(-c2[c-]cccc2)nc[c]1[Ge]([CH3])([CH3])[CH3].Cn1c(-c2[c-]ccc3c2oc2ncccc23)nc2ccncc21.[Ir]. The second kappa shape index (κ2) is 13.6. The van der Waals surface area contributed by atoms with Gasteiger partial charge in [-0.05, 0) is 18.2 Å². The van der Waals surface area contributed by atoms with Crippen LogP contribution in [-0.2, 0) is 33.6 Å². The maximum absolute atomic E-state index is 5.98. The molecular weight excluding hydrogens is 807 g/mol. The number of furan rings is 1. The van der Waals surface area contributed by atoms with Crippen molar-refractivity contribution in [1.82, 2.24) is 24.5 Å². The van der Waals surface area contributed by atoms with E-state index in [1.807, 2.05) is 60.3 Å². The first kappa shape index (κ1) is 33.7. The zero-order chi connectivity index (χ0) is 31.8. The first-order valence-corrected chi connectivity index (χ1v) is 22.8. The molecule has 0 spiro atoms. The fourth-order valence-corrected chi connectivity index (χ4v) is 8.97. The van der Waals surface area contributed by atoms with Crippen molar-refractivity contribution in [1.29, 1.82) is 0 Å². The van der Waals surface area contributed by atoms with E-state index in [4.69, 9.17) is 14.4 Å². The van der Waals surface area contributed by atoms with Crippen LogP contribution < -0.4 is 4.40 Å². The molecule has 0 N–H and O–H groups in total. The van der Waals surface area contributed by atoms with Gasteiger partial charge in [-0.25, -0.2) is 4.98 Å². The summed E-state index contributed by atoms with van der Waals surface area (Å²) < 4.78 is 9.53. The molecule has 0 fully saturated rings. The normalized spacial score (nSPS) is 11.8. The van der Waals surface area contributed by atoms with Gasteiger partial charge in [0.15, 0.2) is 0 Å². The summed E-state index contributed by atoms with van der Waals surface area (Å²) in [7, 11) is 1.97. The molecule has 0 atom stereocenters. The Morgan fingerprint density at radius 3 is 2.46 bits per heavy atom. The average Bonchev–Trinajstić information content (AvgIpc) is 3.59. The van der Waals surface area contributed by atoms with E-state index >= 15 is 0 Å². The van der Waals surface area contributed by atoms with Gasteiger partial charge in [0.25, 0.3) is 0 Å². The van der Waals surface area contributed by atoms with Gasteiger partial charge < -0.3 is 8.98 Å². The third-order valence-electron chi connectivity index (χ3n) is 8.52. The number of aryl methyl sites for hydroxylation is 1. The maximum Gasteiger partial charge on any atom is 0.216 e. The summed E-state index contributed by atoms with van der Waals surface area (Å²) in [6.07, 6.45) is 9.76. The van der Waals surface area contributed by atoms with E-state index in [1.54, 1.807) is 16.8 Å². The third kappa shape index (κ3) is 6.87. The van der Waals surface area contributed by atoms with E-state index in [0.29, 0.717) is 11.1 Å². The van der Waals surface area contributed by atoms with Crippen LogP contribution >= 0.6 is 0 Å². The summed E-state index contributed by atoms with van der Waals surface area (Å²) in [6, 6.07) is 26.7. The van der Waals surface area contributed by atoms with Crippen molar-refractivity contribution in [3.63, 3.8) is 0 Å². The molecule has 46 heavy (non-hydrogen) atoms. The largest absolute Gasteiger partial charge is 0.486 e. The molecule has 0 bridgehead atoms. The van der Waals surface area contributed by atoms with Gasteiger partial charge in [0.1, 0.15) is 0 Å². The van der Waals surface area contributed by atoms with Crippen LogP contribution in [0.25, 0.3) is 55.7 Å². The van der Waals surface area contributed by atoms with E-state index in [1.165, 1.54) is 12.0 Å². The smallest absolute Gasteiger partial charge is 0.216 e. The molecule has 7 aromatic rings. The second-order valence-electron chi connectivity index (χ2n) is 13.4. The summed E-state index contributed by atoms with van der Waals surface area (Å²) in [5, 5.41) is 2.02. The number of hydrogen-bond acceptors (Lipinski definition) is 5. The zero-order valence-corrected chi connectivity index (χ0v) is 32.0. The Morgan fingerprint density at radius 1 is 0.913 bits per heavy atom. The molecule has 1 radical (unpaired) electrons. The van der Waals surface area contributed by atoms with Crippen LogP contribution in [0.4, 0.5) is 0 Å². The molecule has 0 unspecified atom stereocenters. The Balaban J connectivity index is 0.000000178. The molecule has 0 saturated heterocycles. The Bertz CT molecular complexity index is 2110. The second-order valence-corrected chi connectivity index (χ2v) is 23.9. The Labute approximate surface area is 287 Å². The molecule has 7 rings (SSSR count). The minimum atomic E-state index is -1.91. The fourth-order valence-electron chi connectivity index (χ4n) is 5.66. The molecular formula is C38H39GeIrN5O-2. The molecule has 0 amide bonds. The number of aromatic nitrogens is 5. The number of rotatable bonds is 6. The van der Waals surface area contributed by atoms with Crippen LogP contribution in [0.15, 0.2) is 89.9 Å². The predicted octanol–water partition coefficient (Wildman–Crippen LogP) is 8.80. The first-order valence-electron chi connectivity index (χ1n) is 15.5. The number of hydrogen-bond donors (Lipinski definition) is 0. The first-order chi connectivity index (χ1) is 21.6. The maximum atomic E-state index is 5.98. The molecule has 5 aromatic heterocycles. The average molecular weight is 847 g/mol. The summed E-state index contributed by atoms with van der Waals surface area (Å²) in [5.74, 6) is 8.16. The van der Waals surface area contributed by atoms with Gasteiger partial charge in [-0.15, -0.1) is 18.2 Å². The molecule has 8 heteroatoms. The van der Waals surface area contributed by atoms with Crippen molar-refractivity contribution in [2.75, 3.05) is 0 Å². The standard InChI is InChI=1S/C20H28GeN.C18H11N4O.Ir/c1-7-20(2,3)14-17-13-19(16-11-9-8-10-12-16)22-15-18(17)21(4,5)6;1-22-15-10-19-9-7-14(15)21-17(22)13-5-2-4-11-12-6-3-8-20-18(12)23-16(11)13;/h8-11,13,15H,7,14H2,1-6H3;2-4,6-10H,1H3;/q2*-1;. The van der Waals surface area contributed by atoms with Crippen LogP contribution in [0.2, 0.25) is 17.3 Å². The van der Waals surface area contributed by atoms with E-state index in [0.717, 1.165) is 56.5 Å².